The second-order valence-electron chi connectivity index (χ2n) is 8.56. The normalized spacial score (nSPS) is 18.8. The smallest absolute Gasteiger partial charge is 0.311 e. The first-order valence-electron chi connectivity index (χ1n) is 10.8. The monoisotopic (exact) mass is 457 g/mol. The summed E-state index contributed by atoms with van der Waals surface area (Å²) in [6.07, 6.45) is 0. The SMILES string of the molecule is CC(=O)c1cc(C)cc([N+](=O)[O-])c1OCC(=O)N1CC(C)N(Cc2ccc(F)cc2)CC1C. The summed E-state index contributed by atoms with van der Waals surface area (Å²) in [5, 5.41) is 11.5. The summed E-state index contributed by atoms with van der Waals surface area (Å²) in [5.41, 5.74) is 1.30. The Bertz CT molecular complexity index is 1020. The van der Waals surface area contributed by atoms with Crippen LogP contribution in [0.15, 0.2) is 36.4 Å². The predicted molar refractivity (Wildman–Crippen MR) is 121 cm³/mol. The lowest BCUT2D eigenvalue weighted by atomic mass is 10.1. The molecule has 8 nitrogen and oxygen atoms in total. The molecule has 0 aliphatic carbocycles. The first-order chi connectivity index (χ1) is 15.6. The highest BCUT2D eigenvalue weighted by Crippen LogP contribution is 2.33. The summed E-state index contributed by atoms with van der Waals surface area (Å²) in [5.74, 6) is -1.14. The van der Waals surface area contributed by atoms with Gasteiger partial charge in [-0.3, -0.25) is 24.6 Å². The van der Waals surface area contributed by atoms with Crippen molar-refractivity contribution in [2.24, 2.45) is 0 Å². The van der Waals surface area contributed by atoms with Gasteiger partial charge in [0.25, 0.3) is 5.91 Å². The van der Waals surface area contributed by atoms with Crippen LogP contribution < -0.4 is 4.74 Å². The summed E-state index contributed by atoms with van der Waals surface area (Å²) >= 11 is 0. The number of hydrogen-bond donors (Lipinski definition) is 0. The second-order valence-corrected chi connectivity index (χ2v) is 8.56. The molecule has 0 radical (unpaired) electrons. The Balaban J connectivity index is 1.69. The summed E-state index contributed by atoms with van der Waals surface area (Å²) in [4.78, 5) is 39.8. The van der Waals surface area contributed by atoms with Crippen LogP contribution in [0.2, 0.25) is 0 Å². The van der Waals surface area contributed by atoms with Crippen molar-refractivity contribution in [3.8, 4) is 5.75 Å². The van der Waals surface area contributed by atoms with Gasteiger partial charge in [-0.1, -0.05) is 12.1 Å². The minimum absolute atomic E-state index is 0.0525. The van der Waals surface area contributed by atoms with Crippen LogP contribution in [-0.4, -0.2) is 58.2 Å². The Labute approximate surface area is 192 Å². The molecule has 2 aromatic rings. The molecule has 3 rings (SSSR count). The van der Waals surface area contributed by atoms with E-state index in [1.807, 2.05) is 13.8 Å². The number of piperazine rings is 1. The summed E-state index contributed by atoms with van der Waals surface area (Å²) in [6, 6.07) is 9.15. The molecule has 0 N–H and O–H groups in total. The quantitative estimate of drug-likeness (QED) is 0.357. The molecule has 2 unspecified atom stereocenters. The molecule has 1 aliphatic rings. The number of nitro benzene ring substituents is 1. The number of hydrogen-bond acceptors (Lipinski definition) is 6. The van der Waals surface area contributed by atoms with Crippen molar-refractivity contribution in [3.63, 3.8) is 0 Å². The van der Waals surface area contributed by atoms with Crippen molar-refractivity contribution >= 4 is 17.4 Å². The number of ketones is 1. The number of aryl methyl sites for hydroxylation is 1. The van der Waals surface area contributed by atoms with Crippen LogP contribution in [0, 0.1) is 22.9 Å². The third kappa shape index (κ3) is 5.73. The zero-order chi connectivity index (χ0) is 24.3. The van der Waals surface area contributed by atoms with Crippen LogP contribution in [0.25, 0.3) is 0 Å². The molecule has 1 amide bonds. The third-order valence-corrected chi connectivity index (χ3v) is 5.86. The fraction of sp³-hybridized carbons (Fsp3) is 0.417. The molecule has 176 valence electrons. The van der Waals surface area contributed by atoms with Crippen molar-refractivity contribution in [1.82, 2.24) is 9.80 Å². The van der Waals surface area contributed by atoms with Crippen LogP contribution in [0.4, 0.5) is 10.1 Å². The zero-order valence-corrected chi connectivity index (χ0v) is 19.2. The maximum atomic E-state index is 13.2. The van der Waals surface area contributed by atoms with Crippen LogP contribution in [0.3, 0.4) is 0 Å². The highest BCUT2D eigenvalue weighted by Gasteiger charge is 2.33. The number of amides is 1. The average molecular weight is 458 g/mol. The third-order valence-electron chi connectivity index (χ3n) is 5.86. The van der Waals surface area contributed by atoms with Crippen LogP contribution in [-0.2, 0) is 11.3 Å². The molecule has 0 aromatic heterocycles. The van der Waals surface area contributed by atoms with Crippen LogP contribution in [0.1, 0.15) is 42.3 Å². The Morgan fingerprint density at radius 1 is 1.15 bits per heavy atom. The van der Waals surface area contributed by atoms with E-state index in [1.165, 1.54) is 31.2 Å². The van der Waals surface area contributed by atoms with E-state index in [0.29, 0.717) is 25.2 Å². The fourth-order valence-electron chi connectivity index (χ4n) is 4.11. The largest absolute Gasteiger partial charge is 0.476 e. The fourth-order valence-corrected chi connectivity index (χ4v) is 4.11. The van der Waals surface area contributed by atoms with Crippen molar-refractivity contribution in [3.05, 3.63) is 69.0 Å². The van der Waals surface area contributed by atoms with E-state index in [1.54, 1.807) is 24.0 Å². The Morgan fingerprint density at radius 2 is 1.82 bits per heavy atom. The van der Waals surface area contributed by atoms with Gasteiger partial charge in [0.15, 0.2) is 12.4 Å². The molecule has 1 fully saturated rings. The molecule has 0 bridgehead atoms. The Hall–Kier alpha value is -3.33. The first kappa shape index (κ1) is 24.3. The minimum atomic E-state index is -0.613. The van der Waals surface area contributed by atoms with Gasteiger partial charge in [0, 0.05) is 37.8 Å². The summed E-state index contributed by atoms with van der Waals surface area (Å²) in [6.45, 7) is 8.21. The van der Waals surface area contributed by atoms with E-state index in [4.69, 9.17) is 4.74 Å². The number of carbonyl (C=O) groups is 2. The number of rotatable bonds is 7. The predicted octanol–water partition coefficient (Wildman–Crippen LogP) is 3.75. The van der Waals surface area contributed by atoms with Gasteiger partial charge in [0.1, 0.15) is 5.82 Å². The minimum Gasteiger partial charge on any atom is -0.476 e. The molecule has 33 heavy (non-hydrogen) atoms. The van der Waals surface area contributed by atoms with Crippen molar-refractivity contribution in [1.29, 1.82) is 0 Å². The van der Waals surface area contributed by atoms with E-state index in [0.717, 1.165) is 5.56 Å². The lowest BCUT2D eigenvalue weighted by molar-refractivity contribution is -0.385. The van der Waals surface area contributed by atoms with Crippen LogP contribution in [0.5, 0.6) is 5.75 Å². The highest BCUT2D eigenvalue weighted by atomic mass is 19.1. The lowest BCUT2D eigenvalue weighted by Gasteiger charge is -2.44. The number of ether oxygens (including phenoxy) is 1. The van der Waals surface area contributed by atoms with Crippen molar-refractivity contribution in [2.45, 2.75) is 46.3 Å². The van der Waals surface area contributed by atoms with E-state index in [9.17, 15) is 24.1 Å². The van der Waals surface area contributed by atoms with E-state index >= 15 is 0 Å². The number of halogens is 1. The van der Waals surface area contributed by atoms with Gasteiger partial charge in [-0.25, -0.2) is 4.39 Å². The first-order valence-corrected chi connectivity index (χ1v) is 10.8. The zero-order valence-electron chi connectivity index (χ0n) is 19.2. The molecule has 2 atom stereocenters. The molecule has 1 saturated heterocycles. The topological polar surface area (TPSA) is 93.0 Å². The van der Waals surface area contributed by atoms with Gasteiger partial charge >= 0.3 is 5.69 Å². The van der Waals surface area contributed by atoms with Gasteiger partial charge in [0.2, 0.25) is 5.75 Å². The highest BCUT2D eigenvalue weighted by molar-refractivity contribution is 5.98. The maximum Gasteiger partial charge on any atom is 0.311 e. The standard InChI is InChI=1S/C24H28FN3O5/c1-15-9-21(18(4)29)24(22(10-15)28(31)32)33-14-23(30)27-12-16(2)26(11-17(27)3)13-19-5-7-20(25)8-6-19/h5-10,16-17H,11-14H2,1-4H3. The molecule has 1 heterocycles. The van der Waals surface area contributed by atoms with E-state index in [-0.39, 0.29) is 46.6 Å². The molecule has 0 saturated carbocycles. The van der Waals surface area contributed by atoms with Gasteiger partial charge in [-0.2, -0.15) is 0 Å². The van der Waals surface area contributed by atoms with Gasteiger partial charge in [-0.15, -0.1) is 0 Å². The van der Waals surface area contributed by atoms with Crippen LogP contribution >= 0.6 is 0 Å². The summed E-state index contributed by atoms with van der Waals surface area (Å²) in [7, 11) is 0. The average Bonchev–Trinajstić information content (AvgIpc) is 2.75. The number of nitro groups is 1. The molecular formula is C24H28FN3O5. The molecule has 1 aliphatic heterocycles. The molecule has 0 spiro atoms. The number of carbonyl (C=O) groups excluding carboxylic acids is 2. The van der Waals surface area contributed by atoms with Gasteiger partial charge < -0.3 is 9.64 Å². The van der Waals surface area contributed by atoms with E-state index < -0.39 is 11.5 Å². The molecular weight excluding hydrogens is 429 g/mol. The number of benzene rings is 2. The van der Waals surface area contributed by atoms with Crippen molar-refractivity contribution in [2.75, 3.05) is 19.7 Å². The van der Waals surface area contributed by atoms with E-state index in [2.05, 4.69) is 4.90 Å². The van der Waals surface area contributed by atoms with Gasteiger partial charge in [0.05, 0.1) is 10.5 Å². The Kier molecular flexibility index (Phi) is 7.43. The Morgan fingerprint density at radius 3 is 2.42 bits per heavy atom. The lowest BCUT2D eigenvalue weighted by Crippen LogP contribution is -2.58. The molecule has 9 heteroatoms. The molecule has 2 aromatic carbocycles. The summed E-state index contributed by atoms with van der Waals surface area (Å²) < 4.78 is 18.7. The number of nitrogens with zero attached hydrogens (tertiary/aromatic N) is 3. The second kappa shape index (κ2) is 10.1. The van der Waals surface area contributed by atoms with Crippen molar-refractivity contribution < 1.29 is 23.6 Å². The maximum absolute atomic E-state index is 13.2. The van der Waals surface area contributed by atoms with Gasteiger partial charge in [-0.05, 0) is 57.0 Å². The number of Topliss-reactive ketones (excluding diaryl/α,β-unsaturated/α-hetero) is 1.